The van der Waals surface area contributed by atoms with Gasteiger partial charge in [-0.2, -0.15) is 0 Å². The quantitative estimate of drug-likeness (QED) is 0.656. The first-order valence-corrected chi connectivity index (χ1v) is 8.33. The van der Waals surface area contributed by atoms with E-state index in [2.05, 4.69) is 5.32 Å². The van der Waals surface area contributed by atoms with Gasteiger partial charge in [-0.05, 0) is 36.4 Å². The normalized spacial score (nSPS) is 11.0. The lowest BCUT2D eigenvalue weighted by atomic mass is 10.3. The molecule has 0 atom stereocenters. The summed E-state index contributed by atoms with van der Waals surface area (Å²) < 4.78 is 24.2. The molecule has 0 spiro atoms. The molecule has 0 radical (unpaired) electrons. The van der Waals surface area contributed by atoms with Crippen molar-refractivity contribution in [3.63, 3.8) is 0 Å². The molecule has 0 heterocycles. The van der Waals surface area contributed by atoms with Crippen LogP contribution in [0, 0.1) is 10.1 Å². The summed E-state index contributed by atoms with van der Waals surface area (Å²) in [5, 5.41) is 13.3. The molecule has 0 saturated carbocycles. The number of halogens is 1. The third-order valence-corrected chi connectivity index (χ3v) is 4.74. The van der Waals surface area contributed by atoms with Crippen LogP contribution in [0.15, 0.2) is 53.4 Å². The summed E-state index contributed by atoms with van der Waals surface area (Å²) in [5.41, 5.74) is 0.142. The second-order valence-corrected chi connectivity index (χ2v) is 6.99. The summed E-state index contributed by atoms with van der Waals surface area (Å²) in [6, 6.07) is 10.5. The lowest BCUT2D eigenvalue weighted by molar-refractivity contribution is -0.384. The van der Waals surface area contributed by atoms with Crippen molar-refractivity contribution < 1.29 is 18.1 Å². The highest BCUT2D eigenvalue weighted by molar-refractivity contribution is 7.92. The molecule has 0 unspecified atom stereocenters. The van der Waals surface area contributed by atoms with E-state index in [4.69, 9.17) is 11.6 Å². The number of nitro groups is 1. The van der Waals surface area contributed by atoms with E-state index in [0.717, 1.165) is 0 Å². The number of amides is 1. The van der Waals surface area contributed by atoms with Gasteiger partial charge in [0.25, 0.3) is 5.69 Å². The maximum absolute atomic E-state index is 12.1. The van der Waals surface area contributed by atoms with Crippen LogP contribution >= 0.6 is 11.6 Å². The van der Waals surface area contributed by atoms with Crippen LogP contribution in [0.25, 0.3) is 0 Å². The molecule has 23 heavy (non-hydrogen) atoms. The monoisotopic (exact) mass is 354 g/mol. The molecule has 2 rings (SSSR count). The maximum Gasteiger partial charge on any atom is 0.269 e. The first-order chi connectivity index (χ1) is 10.8. The minimum atomic E-state index is -3.80. The minimum absolute atomic E-state index is 0.0132. The lowest BCUT2D eigenvalue weighted by Crippen LogP contribution is -2.23. The molecule has 7 nitrogen and oxygen atoms in total. The molecule has 0 saturated heterocycles. The van der Waals surface area contributed by atoms with Crippen molar-refractivity contribution in [3.8, 4) is 0 Å². The number of carbonyl (C=O) groups excluding carboxylic acids is 1. The SMILES string of the molecule is O=C(CS(=O)(=O)c1ccc(Cl)cc1)Nc1ccc([N+](=O)[O-])cc1. The van der Waals surface area contributed by atoms with E-state index in [-0.39, 0.29) is 16.3 Å². The fraction of sp³-hybridized carbons (Fsp3) is 0.0714. The van der Waals surface area contributed by atoms with Gasteiger partial charge in [0, 0.05) is 22.8 Å². The van der Waals surface area contributed by atoms with Crippen LogP contribution in [0.3, 0.4) is 0 Å². The number of nitrogens with zero attached hydrogens (tertiary/aromatic N) is 1. The Labute approximate surface area is 137 Å². The van der Waals surface area contributed by atoms with Crippen LogP contribution in [-0.4, -0.2) is 25.0 Å². The van der Waals surface area contributed by atoms with E-state index in [9.17, 15) is 23.3 Å². The van der Waals surface area contributed by atoms with Gasteiger partial charge in [0.1, 0.15) is 5.75 Å². The molecule has 0 bridgehead atoms. The molecule has 1 amide bonds. The fourth-order valence-electron chi connectivity index (χ4n) is 1.76. The van der Waals surface area contributed by atoms with Crippen LogP contribution in [-0.2, 0) is 14.6 Å². The van der Waals surface area contributed by atoms with Crippen LogP contribution in [0.4, 0.5) is 11.4 Å². The molecule has 0 aliphatic rings. The van der Waals surface area contributed by atoms with Gasteiger partial charge in [-0.3, -0.25) is 14.9 Å². The molecule has 0 aromatic heterocycles. The van der Waals surface area contributed by atoms with E-state index < -0.39 is 26.4 Å². The highest BCUT2D eigenvalue weighted by atomic mass is 35.5. The number of hydrogen-bond acceptors (Lipinski definition) is 5. The molecule has 2 aromatic rings. The number of anilines is 1. The van der Waals surface area contributed by atoms with Crippen molar-refractivity contribution in [2.45, 2.75) is 4.90 Å². The largest absolute Gasteiger partial charge is 0.325 e. The Morgan fingerprint density at radius 2 is 1.65 bits per heavy atom. The Hall–Kier alpha value is -2.45. The average Bonchev–Trinajstić information content (AvgIpc) is 2.47. The molecular formula is C14H11ClN2O5S. The van der Waals surface area contributed by atoms with E-state index >= 15 is 0 Å². The molecule has 2 aromatic carbocycles. The van der Waals surface area contributed by atoms with Gasteiger partial charge in [0.2, 0.25) is 5.91 Å². The van der Waals surface area contributed by atoms with Gasteiger partial charge >= 0.3 is 0 Å². The highest BCUT2D eigenvalue weighted by Crippen LogP contribution is 2.17. The Kier molecular flexibility index (Phi) is 4.97. The number of sulfone groups is 1. The molecule has 120 valence electrons. The van der Waals surface area contributed by atoms with Crippen molar-refractivity contribution in [2.75, 3.05) is 11.1 Å². The van der Waals surface area contributed by atoms with Crippen molar-refractivity contribution in [2.24, 2.45) is 0 Å². The number of rotatable bonds is 5. The zero-order valence-electron chi connectivity index (χ0n) is 11.6. The first-order valence-electron chi connectivity index (χ1n) is 6.30. The number of nitro benzene ring substituents is 1. The zero-order valence-corrected chi connectivity index (χ0v) is 13.2. The lowest BCUT2D eigenvalue weighted by Gasteiger charge is -2.06. The molecule has 0 aliphatic carbocycles. The molecule has 0 aliphatic heterocycles. The van der Waals surface area contributed by atoms with Crippen LogP contribution < -0.4 is 5.32 Å². The standard InChI is InChI=1S/C14H11ClN2O5S/c15-10-1-7-13(8-2-10)23(21,22)9-14(18)16-11-3-5-12(6-4-11)17(19)20/h1-8H,9H2,(H,16,18). The van der Waals surface area contributed by atoms with Crippen molar-refractivity contribution in [1.82, 2.24) is 0 Å². The summed E-state index contributed by atoms with van der Waals surface area (Å²) >= 11 is 5.69. The molecule has 0 fully saturated rings. The number of hydrogen-bond donors (Lipinski definition) is 1. The topological polar surface area (TPSA) is 106 Å². The van der Waals surface area contributed by atoms with E-state index in [1.165, 1.54) is 48.5 Å². The second kappa shape index (κ2) is 6.76. The van der Waals surface area contributed by atoms with Gasteiger partial charge in [0.05, 0.1) is 9.82 Å². The zero-order chi connectivity index (χ0) is 17.0. The van der Waals surface area contributed by atoms with Crippen LogP contribution in [0.2, 0.25) is 5.02 Å². The molecule has 1 N–H and O–H groups in total. The maximum atomic E-state index is 12.1. The van der Waals surface area contributed by atoms with E-state index in [0.29, 0.717) is 5.02 Å². The number of non-ortho nitro benzene ring substituents is 1. The van der Waals surface area contributed by atoms with Crippen LogP contribution in [0.5, 0.6) is 0 Å². The Morgan fingerprint density at radius 1 is 1.09 bits per heavy atom. The van der Waals surface area contributed by atoms with Crippen LogP contribution in [0.1, 0.15) is 0 Å². The summed E-state index contributed by atoms with van der Waals surface area (Å²) in [4.78, 5) is 21.8. The summed E-state index contributed by atoms with van der Waals surface area (Å²) in [5.74, 6) is -1.49. The summed E-state index contributed by atoms with van der Waals surface area (Å²) in [7, 11) is -3.80. The Balaban J connectivity index is 2.06. The number of carbonyl (C=O) groups is 1. The van der Waals surface area contributed by atoms with Gasteiger partial charge in [0.15, 0.2) is 9.84 Å². The average molecular weight is 355 g/mol. The van der Waals surface area contributed by atoms with E-state index in [1.54, 1.807) is 0 Å². The Bertz CT molecular complexity index is 832. The second-order valence-electron chi connectivity index (χ2n) is 4.57. The third kappa shape index (κ3) is 4.51. The van der Waals surface area contributed by atoms with Gasteiger partial charge in [-0.25, -0.2) is 8.42 Å². The smallest absolute Gasteiger partial charge is 0.269 e. The fourth-order valence-corrected chi connectivity index (χ4v) is 3.02. The van der Waals surface area contributed by atoms with Gasteiger partial charge < -0.3 is 5.32 Å². The Morgan fingerprint density at radius 3 is 2.17 bits per heavy atom. The highest BCUT2D eigenvalue weighted by Gasteiger charge is 2.19. The number of benzene rings is 2. The van der Waals surface area contributed by atoms with Gasteiger partial charge in [-0.1, -0.05) is 11.6 Å². The number of nitrogens with one attached hydrogen (secondary N) is 1. The van der Waals surface area contributed by atoms with Crippen molar-refractivity contribution in [3.05, 3.63) is 63.7 Å². The summed E-state index contributed by atoms with van der Waals surface area (Å²) in [6.07, 6.45) is 0. The molecule has 9 heteroatoms. The predicted octanol–water partition coefficient (Wildman–Crippen LogP) is 2.66. The first kappa shape index (κ1) is 16.9. The molecular weight excluding hydrogens is 344 g/mol. The van der Waals surface area contributed by atoms with Gasteiger partial charge in [-0.15, -0.1) is 0 Å². The third-order valence-electron chi connectivity index (χ3n) is 2.86. The van der Waals surface area contributed by atoms with Crippen molar-refractivity contribution in [1.29, 1.82) is 0 Å². The summed E-state index contributed by atoms with van der Waals surface area (Å²) in [6.45, 7) is 0. The predicted molar refractivity (Wildman–Crippen MR) is 85.2 cm³/mol. The minimum Gasteiger partial charge on any atom is -0.325 e. The van der Waals surface area contributed by atoms with Crippen molar-refractivity contribution >= 4 is 38.7 Å². The van der Waals surface area contributed by atoms with E-state index in [1.807, 2.05) is 0 Å².